The Kier molecular flexibility index (Phi) is 4.74. The van der Waals surface area contributed by atoms with Crippen LogP contribution in [-0.2, 0) is 0 Å². The molecule has 1 heterocycles. The van der Waals surface area contributed by atoms with Gasteiger partial charge in [0.05, 0.1) is 5.02 Å². The number of primary amides is 1. The molecule has 2 amide bonds. The van der Waals surface area contributed by atoms with Gasteiger partial charge in [0.15, 0.2) is 11.6 Å². The predicted molar refractivity (Wildman–Crippen MR) is 105 cm³/mol. The number of amides is 2. The van der Waals surface area contributed by atoms with Crippen molar-refractivity contribution in [1.82, 2.24) is 10.2 Å². The molecule has 0 aliphatic heterocycles. The SMILES string of the molecule is NC(=O)N(c1n[nH]c2c(F)c(Cl)c(-c3ccccc3)cc12)C1CCCCC1. The number of aromatic amines is 1. The lowest BCUT2D eigenvalue weighted by atomic mass is 9.94. The van der Waals surface area contributed by atoms with E-state index in [4.69, 9.17) is 17.3 Å². The minimum Gasteiger partial charge on any atom is -0.351 e. The second-order valence-electron chi connectivity index (χ2n) is 6.89. The van der Waals surface area contributed by atoms with E-state index in [9.17, 15) is 9.18 Å². The lowest BCUT2D eigenvalue weighted by Crippen LogP contribution is -2.45. The first-order valence-electron chi connectivity index (χ1n) is 9.08. The topological polar surface area (TPSA) is 75.0 Å². The number of rotatable bonds is 3. The van der Waals surface area contributed by atoms with Gasteiger partial charge >= 0.3 is 6.03 Å². The highest BCUT2D eigenvalue weighted by Crippen LogP contribution is 2.39. The van der Waals surface area contributed by atoms with E-state index < -0.39 is 11.8 Å². The number of fused-ring (bicyclic) bond motifs is 1. The highest BCUT2D eigenvalue weighted by Gasteiger charge is 2.30. The maximum atomic E-state index is 14.9. The number of benzene rings is 2. The summed E-state index contributed by atoms with van der Waals surface area (Å²) in [5.74, 6) is -0.225. The van der Waals surface area contributed by atoms with Crippen molar-refractivity contribution in [3.05, 3.63) is 47.2 Å². The maximum absolute atomic E-state index is 14.9. The summed E-state index contributed by atoms with van der Waals surface area (Å²) in [4.78, 5) is 13.7. The van der Waals surface area contributed by atoms with Gasteiger partial charge in [0.25, 0.3) is 0 Å². The molecule has 1 fully saturated rings. The Morgan fingerprint density at radius 2 is 1.93 bits per heavy atom. The Morgan fingerprint density at radius 1 is 1.22 bits per heavy atom. The van der Waals surface area contributed by atoms with Crippen LogP contribution in [0.15, 0.2) is 36.4 Å². The fourth-order valence-corrected chi connectivity index (χ4v) is 4.15. The van der Waals surface area contributed by atoms with Crippen LogP contribution in [-0.4, -0.2) is 22.3 Å². The van der Waals surface area contributed by atoms with E-state index in [1.165, 1.54) is 4.90 Å². The van der Waals surface area contributed by atoms with Gasteiger partial charge in [-0.1, -0.05) is 61.2 Å². The highest BCUT2D eigenvalue weighted by molar-refractivity contribution is 6.34. The Bertz CT molecular complexity index is 983. The zero-order chi connectivity index (χ0) is 19.0. The third-order valence-electron chi connectivity index (χ3n) is 5.21. The number of anilines is 1. The molecular weight excluding hydrogens is 367 g/mol. The van der Waals surface area contributed by atoms with Crippen LogP contribution in [0, 0.1) is 5.82 Å². The molecule has 27 heavy (non-hydrogen) atoms. The normalized spacial score (nSPS) is 15.2. The van der Waals surface area contributed by atoms with E-state index >= 15 is 0 Å². The van der Waals surface area contributed by atoms with E-state index in [2.05, 4.69) is 10.2 Å². The van der Waals surface area contributed by atoms with E-state index in [0.717, 1.165) is 37.7 Å². The highest BCUT2D eigenvalue weighted by atomic mass is 35.5. The van der Waals surface area contributed by atoms with Crippen molar-refractivity contribution in [2.45, 2.75) is 38.1 Å². The molecule has 3 N–H and O–H groups in total. The average molecular weight is 387 g/mol. The number of hydrogen-bond donors (Lipinski definition) is 2. The number of carbonyl (C=O) groups is 1. The molecule has 1 aliphatic carbocycles. The molecule has 1 aromatic heterocycles. The molecule has 0 spiro atoms. The summed E-state index contributed by atoms with van der Waals surface area (Å²) in [6.45, 7) is 0. The van der Waals surface area contributed by atoms with Crippen molar-refractivity contribution in [2.24, 2.45) is 5.73 Å². The number of nitrogens with zero attached hydrogens (tertiary/aromatic N) is 2. The van der Waals surface area contributed by atoms with Crippen LogP contribution in [0.5, 0.6) is 0 Å². The van der Waals surface area contributed by atoms with Crippen LogP contribution in [0.4, 0.5) is 15.0 Å². The number of nitrogens with two attached hydrogens (primary N) is 1. The van der Waals surface area contributed by atoms with Gasteiger partial charge < -0.3 is 5.73 Å². The minimum atomic E-state index is -0.583. The third kappa shape index (κ3) is 3.14. The summed E-state index contributed by atoms with van der Waals surface area (Å²) < 4.78 is 14.9. The van der Waals surface area contributed by atoms with Crippen molar-refractivity contribution in [3.63, 3.8) is 0 Å². The molecule has 140 valence electrons. The van der Waals surface area contributed by atoms with Crippen LogP contribution in [0.2, 0.25) is 5.02 Å². The van der Waals surface area contributed by atoms with Crippen molar-refractivity contribution >= 4 is 34.4 Å². The minimum absolute atomic E-state index is 0.0205. The molecule has 4 rings (SSSR count). The summed E-state index contributed by atoms with van der Waals surface area (Å²) in [6, 6.07) is 10.5. The van der Waals surface area contributed by atoms with E-state index in [1.807, 2.05) is 30.3 Å². The second kappa shape index (κ2) is 7.19. The Balaban J connectivity index is 1.89. The zero-order valence-electron chi connectivity index (χ0n) is 14.7. The quantitative estimate of drug-likeness (QED) is 0.645. The Morgan fingerprint density at radius 3 is 2.59 bits per heavy atom. The largest absolute Gasteiger partial charge is 0.351 e. The van der Waals surface area contributed by atoms with Gasteiger partial charge in [0.1, 0.15) is 5.52 Å². The van der Waals surface area contributed by atoms with Gasteiger partial charge in [-0.2, -0.15) is 5.10 Å². The molecule has 2 aromatic carbocycles. The van der Waals surface area contributed by atoms with Crippen LogP contribution < -0.4 is 10.6 Å². The molecular formula is C20H20ClFN4O. The van der Waals surface area contributed by atoms with Crippen molar-refractivity contribution < 1.29 is 9.18 Å². The molecule has 0 atom stereocenters. The van der Waals surface area contributed by atoms with E-state index in [1.54, 1.807) is 6.07 Å². The molecule has 0 radical (unpaired) electrons. The molecule has 1 aliphatic rings. The van der Waals surface area contributed by atoms with Crippen molar-refractivity contribution in [1.29, 1.82) is 0 Å². The monoisotopic (exact) mass is 386 g/mol. The molecule has 3 aromatic rings. The van der Waals surface area contributed by atoms with Crippen LogP contribution in [0.3, 0.4) is 0 Å². The van der Waals surface area contributed by atoms with E-state index in [-0.39, 0.29) is 16.6 Å². The van der Waals surface area contributed by atoms with Gasteiger partial charge in [0, 0.05) is 17.0 Å². The third-order valence-corrected chi connectivity index (χ3v) is 5.58. The first-order chi connectivity index (χ1) is 13.1. The fraction of sp³-hybridized carbons (Fsp3) is 0.300. The number of carbonyl (C=O) groups excluding carboxylic acids is 1. The zero-order valence-corrected chi connectivity index (χ0v) is 15.5. The summed E-state index contributed by atoms with van der Waals surface area (Å²) in [5, 5.41) is 7.44. The summed E-state index contributed by atoms with van der Waals surface area (Å²) in [6.07, 6.45) is 4.93. The standard InChI is InChI=1S/C20H20ClFN4O/c21-16-14(12-7-3-1-4-8-12)11-15-18(17(16)22)24-25-19(15)26(20(23)27)13-9-5-2-6-10-13/h1,3-4,7-8,11,13H,2,5-6,9-10H2,(H2,23,27)(H,24,25). The van der Waals surface area contributed by atoms with Gasteiger partial charge in [-0.25, -0.2) is 9.18 Å². The molecule has 1 saturated carbocycles. The maximum Gasteiger partial charge on any atom is 0.320 e. The molecule has 5 nitrogen and oxygen atoms in total. The summed E-state index contributed by atoms with van der Waals surface area (Å²) in [7, 11) is 0. The number of H-pyrrole nitrogens is 1. The predicted octanol–water partition coefficient (Wildman–Crippen LogP) is 5.24. The van der Waals surface area contributed by atoms with Crippen molar-refractivity contribution in [2.75, 3.05) is 4.90 Å². The van der Waals surface area contributed by atoms with Crippen LogP contribution >= 0.6 is 11.6 Å². The first kappa shape index (κ1) is 17.8. The lowest BCUT2D eigenvalue weighted by Gasteiger charge is -2.31. The molecule has 0 saturated heterocycles. The number of nitrogens with one attached hydrogen (secondary N) is 1. The van der Waals surface area contributed by atoms with Gasteiger partial charge in [0.2, 0.25) is 0 Å². The first-order valence-corrected chi connectivity index (χ1v) is 9.46. The smallest absolute Gasteiger partial charge is 0.320 e. The van der Waals surface area contributed by atoms with Crippen LogP contribution in [0.25, 0.3) is 22.0 Å². The average Bonchev–Trinajstić information content (AvgIpc) is 3.10. The Hall–Kier alpha value is -2.60. The molecule has 0 bridgehead atoms. The Labute approximate surface area is 161 Å². The van der Waals surface area contributed by atoms with Gasteiger partial charge in [-0.05, 0) is 24.5 Å². The number of hydrogen-bond acceptors (Lipinski definition) is 2. The van der Waals surface area contributed by atoms with Gasteiger partial charge in [-0.15, -0.1) is 0 Å². The van der Waals surface area contributed by atoms with Crippen molar-refractivity contribution in [3.8, 4) is 11.1 Å². The summed E-state index contributed by atoms with van der Waals surface area (Å²) in [5.41, 5.74) is 7.20. The molecule has 0 unspecified atom stereocenters. The number of halogens is 2. The van der Waals surface area contributed by atoms with Crippen LogP contribution in [0.1, 0.15) is 32.1 Å². The number of urea groups is 1. The van der Waals surface area contributed by atoms with Gasteiger partial charge in [-0.3, -0.25) is 10.00 Å². The summed E-state index contributed by atoms with van der Waals surface area (Å²) >= 11 is 6.28. The fourth-order valence-electron chi connectivity index (χ4n) is 3.89. The van der Waals surface area contributed by atoms with E-state index in [0.29, 0.717) is 16.8 Å². The number of aromatic nitrogens is 2. The lowest BCUT2D eigenvalue weighted by molar-refractivity contribution is 0.249. The molecule has 7 heteroatoms. The second-order valence-corrected chi connectivity index (χ2v) is 7.27.